The highest BCUT2D eigenvalue weighted by Crippen LogP contribution is 2.14. The topological polar surface area (TPSA) is 46.9 Å². The number of carbonyl (C=O) groups is 1. The molecule has 4 nitrogen and oxygen atoms in total. The number of aromatic nitrogens is 2. The van der Waals surface area contributed by atoms with Crippen molar-refractivity contribution in [3.8, 4) is 0 Å². The molecule has 5 heteroatoms. The van der Waals surface area contributed by atoms with E-state index in [9.17, 15) is 9.18 Å². The summed E-state index contributed by atoms with van der Waals surface area (Å²) in [6, 6.07) is 17.1. The predicted molar refractivity (Wildman–Crippen MR) is 86.9 cm³/mol. The van der Waals surface area contributed by atoms with Gasteiger partial charge < -0.3 is 5.32 Å². The second-order valence-electron chi connectivity index (χ2n) is 5.28. The minimum absolute atomic E-state index is 0.292. The SMILES string of the molecule is Cc1cc(NC(=O)c2ccc(F)cc2)n(Cc2ccccc2)n1. The van der Waals surface area contributed by atoms with Gasteiger partial charge >= 0.3 is 0 Å². The number of benzene rings is 2. The quantitative estimate of drug-likeness (QED) is 0.800. The lowest BCUT2D eigenvalue weighted by Gasteiger charge is -2.09. The van der Waals surface area contributed by atoms with Crippen LogP contribution < -0.4 is 5.32 Å². The summed E-state index contributed by atoms with van der Waals surface area (Å²) in [6.45, 7) is 2.43. The van der Waals surface area contributed by atoms with Crippen molar-refractivity contribution in [1.29, 1.82) is 0 Å². The van der Waals surface area contributed by atoms with Gasteiger partial charge in [0, 0.05) is 11.6 Å². The molecule has 1 aromatic heterocycles. The van der Waals surface area contributed by atoms with Crippen LogP contribution >= 0.6 is 0 Å². The van der Waals surface area contributed by atoms with Crippen LogP contribution in [-0.2, 0) is 6.54 Å². The van der Waals surface area contributed by atoms with E-state index >= 15 is 0 Å². The van der Waals surface area contributed by atoms with Gasteiger partial charge in [-0.1, -0.05) is 30.3 Å². The third-order valence-corrected chi connectivity index (χ3v) is 3.43. The molecule has 2 aromatic carbocycles. The van der Waals surface area contributed by atoms with Crippen molar-refractivity contribution in [3.05, 3.63) is 83.3 Å². The molecule has 0 bridgehead atoms. The van der Waals surface area contributed by atoms with Crippen molar-refractivity contribution < 1.29 is 9.18 Å². The lowest BCUT2D eigenvalue weighted by Crippen LogP contribution is -2.16. The molecule has 0 aliphatic heterocycles. The zero-order valence-electron chi connectivity index (χ0n) is 12.7. The van der Waals surface area contributed by atoms with Crippen LogP contribution in [0.2, 0.25) is 0 Å². The number of aryl methyl sites for hydroxylation is 1. The molecule has 0 radical (unpaired) electrons. The molecule has 0 atom stereocenters. The Balaban J connectivity index is 1.80. The third-order valence-electron chi connectivity index (χ3n) is 3.43. The van der Waals surface area contributed by atoms with Gasteiger partial charge in [0.25, 0.3) is 5.91 Å². The van der Waals surface area contributed by atoms with E-state index in [4.69, 9.17) is 0 Å². The van der Waals surface area contributed by atoms with Crippen molar-refractivity contribution in [2.75, 3.05) is 5.32 Å². The van der Waals surface area contributed by atoms with Crippen LogP contribution in [-0.4, -0.2) is 15.7 Å². The van der Waals surface area contributed by atoms with Gasteiger partial charge in [-0.05, 0) is 36.8 Å². The van der Waals surface area contributed by atoms with Gasteiger partial charge in [-0.2, -0.15) is 5.10 Å². The van der Waals surface area contributed by atoms with E-state index in [2.05, 4.69) is 10.4 Å². The first-order chi connectivity index (χ1) is 11.1. The van der Waals surface area contributed by atoms with E-state index in [0.717, 1.165) is 11.3 Å². The van der Waals surface area contributed by atoms with Crippen LogP contribution in [0.5, 0.6) is 0 Å². The Morgan fingerprint density at radius 1 is 1.13 bits per heavy atom. The minimum Gasteiger partial charge on any atom is -0.307 e. The van der Waals surface area contributed by atoms with Crippen molar-refractivity contribution in [3.63, 3.8) is 0 Å². The molecule has 0 spiro atoms. The monoisotopic (exact) mass is 309 g/mol. The van der Waals surface area contributed by atoms with Crippen LogP contribution in [0.3, 0.4) is 0 Å². The molecule has 1 N–H and O–H groups in total. The van der Waals surface area contributed by atoms with Gasteiger partial charge in [0.15, 0.2) is 0 Å². The summed E-state index contributed by atoms with van der Waals surface area (Å²) >= 11 is 0. The molecule has 3 rings (SSSR count). The predicted octanol–water partition coefficient (Wildman–Crippen LogP) is 3.63. The average Bonchev–Trinajstić information content (AvgIpc) is 2.88. The summed E-state index contributed by atoms with van der Waals surface area (Å²) in [7, 11) is 0. The van der Waals surface area contributed by atoms with E-state index in [1.54, 1.807) is 4.68 Å². The fourth-order valence-electron chi connectivity index (χ4n) is 2.31. The molecule has 0 aliphatic rings. The molecule has 1 amide bonds. The maximum Gasteiger partial charge on any atom is 0.256 e. The molecule has 1 heterocycles. The number of carbonyl (C=O) groups excluding carboxylic acids is 1. The molecular formula is C18H16FN3O. The molecule has 0 saturated heterocycles. The minimum atomic E-state index is -0.369. The second-order valence-corrected chi connectivity index (χ2v) is 5.28. The average molecular weight is 309 g/mol. The van der Waals surface area contributed by atoms with Crippen LogP contribution in [0.4, 0.5) is 10.2 Å². The standard InChI is InChI=1S/C18H16FN3O/c1-13-11-17(20-18(23)15-7-9-16(19)10-8-15)22(21-13)12-14-5-3-2-4-6-14/h2-11H,12H2,1H3,(H,20,23). The largest absolute Gasteiger partial charge is 0.307 e. The molecule has 0 unspecified atom stereocenters. The first kappa shape index (κ1) is 15.0. The Labute approximate surface area is 133 Å². The Morgan fingerprint density at radius 2 is 1.83 bits per heavy atom. The second kappa shape index (κ2) is 6.44. The number of hydrogen-bond donors (Lipinski definition) is 1. The van der Waals surface area contributed by atoms with Crippen molar-refractivity contribution in [2.24, 2.45) is 0 Å². The molecule has 23 heavy (non-hydrogen) atoms. The van der Waals surface area contributed by atoms with Gasteiger partial charge in [-0.25, -0.2) is 9.07 Å². The van der Waals surface area contributed by atoms with Crippen LogP contribution in [0.1, 0.15) is 21.6 Å². The van der Waals surface area contributed by atoms with E-state index in [1.165, 1.54) is 24.3 Å². The van der Waals surface area contributed by atoms with E-state index < -0.39 is 0 Å². The number of nitrogens with one attached hydrogen (secondary N) is 1. The van der Waals surface area contributed by atoms with Crippen LogP contribution in [0.25, 0.3) is 0 Å². The highest BCUT2D eigenvalue weighted by Gasteiger charge is 2.11. The number of amides is 1. The van der Waals surface area contributed by atoms with Gasteiger partial charge in [0.1, 0.15) is 11.6 Å². The molecular weight excluding hydrogens is 293 g/mol. The zero-order valence-corrected chi connectivity index (χ0v) is 12.7. The molecule has 3 aromatic rings. The number of nitrogens with zero attached hydrogens (tertiary/aromatic N) is 2. The number of hydrogen-bond acceptors (Lipinski definition) is 2. The Bertz CT molecular complexity index is 810. The normalized spacial score (nSPS) is 10.5. The Morgan fingerprint density at radius 3 is 2.52 bits per heavy atom. The zero-order chi connectivity index (χ0) is 16.2. The van der Waals surface area contributed by atoms with Gasteiger partial charge in [0.2, 0.25) is 0 Å². The van der Waals surface area contributed by atoms with Gasteiger partial charge in [-0.15, -0.1) is 0 Å². The highest BCUT2D eigenvalue weighted by atomic mass is 19.1. The van der Waals surface area contributed by atoms with Gasteiger partial charge in [0.05, 0.1) is 12.2 Å². The van der Waals surface area contributed by atoms with E-state index in [1.807, 2.05) is 43.3 Å². The molecule has 0 fully saturated rings. The summed E-state index contributed by atoms with van der Waals surface area (Å²) in [4.78, 5) is 12.3. The fraction of sp³-hybridized carbons (Fsp3) is 0.111. The first-order valence-corrected chi connectivity index (χ1v) is 7.27. The molecule has 0 aliphatic carbocycles. The molecule has 0 saturated carbocycles. The third kappa shape index (κ3) is 3.63. The number of halogens is 1. The van der Waals surface area contributed by atoms with Crippen molar-refractivity contribution in [2.45, 2.75) is 13.5 Å². The number of anilines is 1. The van der Waals surface area contributed by atoms with Gasteiger partial charge in [-0.3, -0.25) is 4.79 Å². The summed E-state index contributed by atoms with van der Waals surface area (Å²) in [6.07, 6.45) is 0. The summed E-state index contributed by atoms with van der Waals surface area (Å²) in [5, 5.41) is 7.24. The van der Waals surface area contributed by atoms with Crippen molar-refractivity contribution >= 4 is 11.7 Å². The molecule has 116 valence electrons. The van der Waals surface area contributed by atoms with Crippen LogP contribution in [0, 0.1) is 12.7 Å². The Kier molecular flexibility index (Phi) is 4.19. The summed E-state index contributed by atoms with van der Waals surface area (Å²) < 4.78 is 14.7. The fourth-order valence-corrected chi connectivity index (χ4v) is 2.31. The Hall–Kier alpha value is -2.95. The number of rotatable bonds is 4. The lowest BCUT2D eigenvalue weighted by molar-refractivity contribution is 0.102. The maximum atomic E-state index is 12.9. The summed E-state index contributed by atoms with van der Waals surface area (Å²) in [5.41, 5.74) is 2.31. The van der Waals surface area contributed by atoms with E-state index in [-0.39, 0.29) is 11.7 Å². The van der Waals surface area contributed by atoms with Crippen molar-refractivity contribution in [1.82, 2.24) is 9.78 Å². The smallest absolute Gasteiger partial charge is 0.256 e. The van der Waals surface area contributed by atoms with Crippen LogP contribution in [0.15, 0.2) is 60.7 Å². The maximum absolute atomic E-state index is 12.9. The first-order valence-electron chi connectivity index (χ1n) is 7.27. The van der Waals surface area contributed by atoms with E-state index in [0.29, 0.717) is 17.9 Å². The lowest BCUT2D eigenvalue weighted by atomic mass is 10.2. The summed E-state index contributed by atoms with van der Waals surface area (Å²) in [5.74, 6) is -0.0496. The highest BCUT2D eigenvalue weighted by molar-refractivity contribution is 6.03.